The maximum absolute atomic E-state index is 11.3. The molecule has 1 aliphatic carbocycles. The number of hydrogen-bond acceptors (Lipinski definition) is 4. The molecule has 6 nitrogen and oxygen atoms in total. The largest absolute Gasteiger partial charge is 0.496 e. The molecule has 0 spiro atoms. The summed E-state index contributed by atoms with van der Waals surface area (Å²) < 4.78 is 7.06. The Hall–Kier alpha value is -2.37. The second-order valence-corrected chi connectivity index (χ2v) is 5.38. The Kier molecular flexibility index (Phi) is 3.37. The van der Waals surface area contributed by atoms with Gasteiger partial charge in [0.25, 0.3) is 0 Å². The molecule has 0 aliphatic heterocycles. The van der Waals surface area contributed by atoms with Crippen LogP contribution in [0, 0.1) is 6.92 Å². The predicted octanol–water partition coefficient (Wildman–Crippen LogP) is 2.22. The average Bonchev–Trinajstić information content (AvgIpc) is 3.20. The van der Waals surface area contributed by atoms with Gasteiger partial charge in [-0.2, -0.15) is 0 Å². The van der Waals surface area contributed by atoms with Crippen LogP contribution < -0.4 is 4.74 Å². The van der Waals surface area contributed by atoms with Gasteiger partial charge in [0.2, 0.25) is 0 Å². The molecular formula is C15H17N3O3. The second-order valence-electron chi connectivity index (χ2n) is 5.38. The van der Waals surface area contributed by atoms with Gasteiger partial charge in [-0.1, -0.05) is 22.9 Å². The van der Waals surface area contributed by atoms with Crippen molar-refractivity contribution in [3.05, 3.63) is 40.7 Å². The van der Waals surface area contributed by atoms with Crippen molar-refractivity contribution in [2.75, 3.05) is 7.11 Å². The Labute approximate surface area is 122 Å². The number of rotatable bonds is 5. The number of benzene rings is 1. The smallest absolute Gasteiger partial charge is 0.358 e. The Morgan fingerprint density at radius 1 is 1.48 bits per heavy atom. The molecule has 1 saturated carbocycles. The first-order valence-corrected chi connectivity index (χ1v) is 6.90. The van der Waals surface area contributed by atoms with Crippen molar-refractivity contribution in [1.29, 1.82) is 0 Å². The highest BCUT2D eigenvalue weighted by Gasteiger charge is 2.33. The van der Waals surface area contributed by atoms with Crippen LogP contribution in [0.5, 0.6) is 5.75 Å². The summed E-state index contributed by atoms with van der Waals surface area (Å²) in [6.45, 7) is 2.48. The highest BCUT2D eigenvalue weighted by Crippen LogP contribution is 2.41. The van der Waals surface area contributed by atoms with Gasteiger partial charge in [0.1, 0.15) is 5.75 Å². The Bertz CT molecular complexity index is 689. The average molecular weight is 287 g/mol. The number of nitrogens with zero attached hydrogens (tertiary/aromatic N) is 3. The van der Waals surface area contributed by atoms with Crippen molar-refractivity contribution in [3.63, 3.8) is 0 Å². The minimum absolute atomic E-state index is 0.0733. The molecule has 3 rings (SSSR count). The molecule has 0 radical (unpaired) electrons. The number of carboxylic acids is 1. The molecule has 1 aliphatic rings. The van der Waals surface area contributed by atoms with Gasteiger partial charge in [-0.3, -0.25) is 0 Å². The lowest BCUT2D eigenvalue weighted by atomic mass is 10.1. The second kappa shape index (κ2) is 5.20. The maximum atomic E-state index is 11.3. The lowest BCUT2D eigenvalue weighted by Crippen LogP contribution is -2.09. The molecule has 6 heteroatoms. The highest BCUT2D eigenvalue weighted by atomic mass is 16.5. The van der Waals surface area contributed by atoms with Gasteiger partial charge in [-0.15, -0.1) is 5.10 Å². The normalized spacial score (nSPS) is 14.2. The number of carbonyl (C=O) groups is 1. The van der Waals surface area contributed by atoms with Crippen LogP contribution in [0.3, 0.4) is 0 Å². The Balaban J connectivity index is 1.99. The third kappa shape index (κ3) is 2.61. The van der Waals surface area contributed by atoms with Crippen LogP contribution >= 0.6 is 0 Å². The number of hydrogen-bond donors (Lipinski definition) is 1. The quantitative estimate of drug-likeness (QED) is 0.912. The molecule has 0 atom stereocenters. The first kappa shape index (κ1) is 13.6. The molecule has 0 amide bonds. The van der Waals surface area contributed by atoms with Crippen molar-refractivity contribution in [2.24, 2.45) is 0 Å². The fourth-order valence-electron chi connectivity index (χ4n) is 2.54. The minimum Gasteiger partial charge on any atom is -0.496 e. The van der Waals surface area contributed by atoms with E-state index in [9.17, 15) is 9.90 Å². The van der Waals surface area contributed by atoms with E-state index in [1.54, 1.807) is 11.8 Å². The van der Waals surface area contributed by atoms with Crippen LogP contribution in [-0.4, -0.2) is 33.2 Å². The van der Waals surface area contributed by atoms with Gasteiger partial charge < -0.3 is 9.84 Å². The zero-order valence-electron chi connectivity index (χ0n) is 12.0. The third-order valence-electron chi connectivity index (χ3n) is 3.70. The molecule has 1 aromatic heterocycles. The van der Waals surface area contributed by atoms with E-state index < -0.39 is 5.97 Å². The van der Waals surface area contributed by atoms with Gasteiger partial charge in [0, 0.05) is 11.5 Å². The SMILES string of the molecule is COc1ccc(C)cc1Cn1nnc(C(=O)O)c1C1CC1. The van der Waals surface area contributed by atoms with Crippen LogP contribution in [-0.2, 0) is 6.54 Å². The van der Waals surface area contributed by atoms with E-state index in [0.29, 0.717) is 6.54 Å². The number of carboxylic acid groups (broad SMARTS) is 1. The van der Waals surface area contributed by atoms with Gasteiger partial charge in [0.15, 0.2) is 5.69 Å². The molecule has 1 heterocycles. The molecule has 1 N–H and O–H groups in total. The van der Waals surface area contributed by atoms with Crippen LogP contribution in [0.25, 0.3) is 0 Å². The van der Waals surface area contributed by atoms with E-state index in [-0.39, 0.29) is 11.6 Å². The fraction of sp³-hybridized carbons (Fsp3) is 0.400. The monoisotopic (exact) mass is 287 g/mol. The Morgan fingerprint density at radius 2 is 2.24 bits per heavy atom. The highest BCUT2D eigenvalue weighted by molar-refractivity contribution is 5.86. The third-order valence-corrected chi connectivity index (χ3v) is 3.70. The molecule has 0 saturated heterocycles. The van der Waals surface area contributed by atoms with E-state index in [1.807, 2.05) is 25.1 Å². The molecule has 1 aromatic carbocycles. The lowest BCUT2D eigenvalue weighted by Gasteiger charge is -2.11. The summed E-state index contributed by atoms with van der Waals surface area (Å²) >= 11 is 0. The molecule has 21 heavy (non-hydrogen) atoms. The van der Waals surface area contributed by atoms with E-state index in [2.05, 4.69) is 10.3 Å². The van der Waals surface area contributed by atoms with Gasteiger partial charge >= 0.3 is 5.97 Å². The molecule has 1 fully saturated rings. The molecular weight excluding hydrogens is 270 g/mol. The van der Waals surface area contributed by atoms with E-state index >= 15 is 0 Å². The minimum atomic E-state index is -1.01. The summed E-state index contributed by atoms with van der Waals surface area (Å²) in [6.07, 6.45) is 2.00. The summed E-state index contributed by atoms with van der Waals surface area (Å²) in [6, 6.07) is 5.92. The summed E-state index contributed by atoms with van der Waals surface area (Å²) in [7, 11) is 1.62. The van der Waals surface area contributed by atoms with Crippen molar-refractivity contribution >= 4 is 5.97 Å². The summed E-state index contributed by atoms with van der Waals surface area (Å²) in [5.74, 6) is 0.0241. The van der Waals surface area contributed by atoms with Crippen molar-refractivity contribution in [1.82, 2.24) is 15.0 Å². The number of aryl methyl sites for hydroxylation is 1. The topological polar surface area (TPSA) is 77.2 Å². The van der Waals surface area contributed by atoms with Crippen molar-refractivity contribution < 1.29 is 14.6 Å². The predicted molar refractivity (Wildman–Crippen MR) is 75.8 cm³/mol. The van der Waals surface area contributed by atoms with Crippen molar-refractivity contribution in [2.45, 2.75) is 32.2 Å². The van der Waals surface area contributed by atoms with E-state index in [4.69, 9.17) is 4.74 Å². The van der Waals surface area contributed by atoms with Crippen molar-refractivity contribution in [3.8, 4) is 5.75 Å². The number of methoxy groups -OCH3 is 1. The first-order chi connectivity index (χ1) is 10.1. The summed E-state index contributed by atoms with van der Waals surface area (Å²) in [4.78, 5) is 11.3. The Morgan fingerprint density at radius 3 is 2.86 bits per heavy atom. The first-order valence-electron chi connectivity index (χ1n) is 6.90. The lowest BCUT2D eigenvalue weighted by molar-refractivity contribution is 0.0689. The standard InChI is InChI=1S/C15H17N3O3/c1-9-3-6-12(21-2)11(7-9)8-18-14(10-4-5-10)13(15(19)20)16-17-18/h3,6-7,10H,4-5,8H2,1-2H3,(H,19,20). The molecule has 2 aromatic rings. The van der Waals surface area contributed by atoms with E-state index in [1.165, 1.54) is 0 Å². The maximum Gasteiger partial charge on any atom is 0.358 e. The van der Waals surface area contributed by atoms with Gasteiger partial charge in [0.05, 0.1) is 19.3 Å². The zero-order chi connectivity index (χ0) is 15.0. The van der Waals surface area contributed by atoms with Crippen LogP contribution in [0.1, 0.15) is 46.1 Å². The summed E-state index contributed by atoms with van der Waals surface area (Å²) in [5, 5.41) is 17.1. The summed E-state index contributed by atoms with van der Waals surface area (Å²) in [5.41, 5.74) is 2.90. The molecule has 110 valence electrons. The number of aromatic nitrogens is 3. The zero-order valence-corrected chi connectivity index (χ0v) is 12.0. The molecule has 0 unspecified atom stereocenters. The number of aromatic carboxylic acids is 1. The fourth-order valence-corrected chi connectivity index (χ4v) is 2.54. The number of ether oxygens (including phenoxy) is 1. The van der Waals surface area contributed by atoms with Gasteiger partial charge in [-0.25, -0.2) is 9.48 Å². The molecule has 0 bridgehead atoms. The van der Waals surface area contributed by atoms with Crippen LogP contribution in [0.4, 0.5) is 0 Å². The van der Waals surface area contributed by atoms with Crippen LogP contribution in [0.2, 0.25) is 0 Å². The van der Waals surface area contributed by atoms with Gasteiger partial charge in [-0.05, 0) is 25.8 Å². The van der Waals surface area contributed by atoms with Crippen LogP contribution in [0.15, 0.2) is 18.2 Å². The van der Waals surface area contributed by atoms with E-state index in [0.717, 1.165) is 35.4 Å².